The lowest BCUT2D eigenvalue weighted by Crippen LogP contribution is -2.47. The largest absolute Gasteiger partial charge is 0.283 e. The zero-order chi connectivity index (χ0) is 14.8. The van der Waals surface area contributed by atoms with Crippen LogP contribution in [0.25, 0.3) is 17.3 Å². The summed E-state index contributed by atoms with van der Waals surface area (Å²) < 4.78 is 2.44. The van der Waals surface area contributed by atoms with Crippen LogP contribution in [-0.4, -0.2) is 14.8 Å². The molecule has 1 aromatic rings. The van der Waals surface area contributed by atoms with Gasteiger partial charge in [-0.2, -0.15) is 4.98 Å². The van der Waals surface area contributed by atoms with E-state index >= 15 is 0 Å². The standard InChI is InChI=1S/C15H14N4OS/c1-2-6-12-18-19-13(16)11(14(20)17-15(19)21-12)9-10-7-4-3-5-8-10/h3-9,16,18H,2H2,1H3. The molecule has 0 atom stereocenters. The van der Waals surface area contributed by atoms with Crippen LogP contribution in [-0.2, 0) is 0 Å². The van der Waals surface area contributed by atoms with Gasteiger partial charge in [-0.1, -0.05) is 48.6 Å². The number of nitrogens with zero attached hydrogens (tertiary/aromatic N) is 2. The molecule has 2 heterocycles. The Balaban J connectivity index is 2.33. The van der Waals surface area contributed by atoms with Crippen molar-refractivity contribution in [3.8, 4) is 5.13 Å². The number of nitrogens with one attached hydrogen (secondary N) is 2. The van der Waals surface area contributed by atoms with E-state index in [0.29, 0.717) is 5.13 Å². The van der Waals surface area contributed by atoms with E-state index in [2.05, 4.69) is 10.1 Å². The topological polar surface area (TPSA) is 74.5 Å². The van der Waals surface area contributed by atoms with Crippen LogP contribution < -0.4 is 20.9 Å². The van der Waals surface area contributed by atoms with Crippen LogP contribution in [0.5, 0.6) is 0 Å². The molecule has 2 N–H and O–H groups in total. The molecule has 5 nitrogen and oxygen atoms in total. The van der Waals surface area contributed by atoms with Crippen molar-refractivity contribution in [3.05, 3.63) is 61.6 Å². The predicted molar refractivity (Wildman–Crippen MR) is 83.1 cm³/mol. The van der Waals surface area contributed by atoms with Crippen LogP contribution >= 0.6 is 11.3 Å². The highest BCUT2D eigenvalue weighted by Crippen LogP contribution is 2.01. The Morgan fingerprint density at radius 1 is 1.38 bits per heavy atom. The van der Waals surface area contributed by atoms with Crippen molar-refractivity contribution in [1.82, 2.24) is 14.8 Å². The van der Waals surface area contributed by atoms with Crippen LogP contribution in [0, 0.1) is 5.41 Å². The van der Waals surface area contributed by atoms with Gasteiger partial charge in [0.2, 0.25) is 5.13 Å². The molecule has 21 heavy (non-hydrogen) atoms. The van der Waals surface area contributed by atoms with E-state index in [9.17, 15) is 4.79 Å². The van der Waals surface area contributed by atoms with E-state index in [1.54, 1.807) is 10.8 Å². The van der Waals surface area contributed by atoms with Gasteiger partial charge in [0.05, 0.1) is 5.22 Å². The maximum Gasteiger partial charge on any atom is 0.283 e. The molecular formula is C15H14N4OS. The van der Waals surface area contributed by atoms with Crippen LogP contribution in [0.3, 0.4) is 0 Å². The lowest BCUT2D eigenvalue weighted by Gasteiger charge is -1.99. The molecule has 0 unspecified atom stereocenters. The van der Waals surface area contributed by atoms with Crippen molar-refractivity contribution in [2.45, 2.75) is 13.3 Å². The molecule has 0 saturated heterocycles. The van der Waals surface area contributed by atoms with Crippen molar-refractivity contribution in [2.75, 3.05) is 0 Å². The zero-order valence-electron chi connectivity index (χ0n) is 11.5. The first-order valence-electron chi connectivity index (χ1n) is 6.62. The molecule has 0 fully saturated rings. The number of hydrogen-bond acceptors (Lipinski definition) is 4. The van der Waals surface area contributed by atoms with Crippen LogP contribution in [0.2, 0.25) is 0 Å². The van der Waals surface area contributed by atoms with Gasteiger partial charge in [-0.05, 0) is 24.1 Å². The van der Waals surface area contributed by atoms with Gasteiger partial charge in [0, 0.05) is 0 Å². The van der Waals surface area contributed by atoms with Crippen LogP contribution in [0.4, 0.5) is 0 Å². The second kappa shape index (κ2) is 5.49. The number of H-pyrrole nitrogens is 1. The van der Waals surface area contributed by atoms with Gasteiger partial charge < -0.3 is 0 Å². The minimum Gasteiger partial charge on any atom is -0.282 e. The van der Waals surface area contributed by atoms with Crippen molar-refractivity contribution in [3.63, 3.8) is 0 Å². The third-order valence-electron chi connectivity index (χ3n) is 3.02. The van der Waals surface area contributed by atoms with E-state index in [0.717, 1.165) is 16.6 Å². The minimum atomic E-state index is -0.373. The maximum atomic E-state index is 12.1. The number of aromatic nitrogens is 3. The Morgan fingerprint density at radius 3 is 2.86 bits per heavy atom. The van der Waals surface area contributed by atoms with Gasteiger partial charge in [0.25, 0.3) is 5.56 Å². The van der Waals surface area contributed by atoms with Gasteiger partial charge in [-0.15, -0.1) is 0 Å². The average molecular weight is 298 g/mol. The second-order valence-corrected chi connectivity index (χ2v) is 5.55. The molecule has 0 saturated carbocycles. The first-order chi connectivity index (χ1) is 10.2. The lowest BCUT2D eigenvalue weighted by molar-refractivity contribution is 0.750. The normalized spacial score (nSPS) is 13.2. The summed E-state index contributed by atoms with van der Waals surface area (Å²) in [5, 5.41) is 12.1. The molecule has 0 radical (unpaired) electrons. The summed E-state index contributed by atoms with van der Waals surface area (Å²) in [7, 11) is 0. The first kappa shape index (κ1) is 13.5. The third-order valence-corrected chi connectivity index (χ3v) is 3.96. The number of hydrogen-bond donors (Lipinski definition) is 2. The Labute approximate surface area is 124 Å². The number of aromatic amines is 1. The van der Waals surface area contributed by atoms with Gasteiger partial charge in [-0.25, -0.2) is 4.68 Å². The van der Waals surface area contributed by atoms with Gasteiger partial charge in [-0.3, -0.25) is 15.3 Å². The quantitative estimate of drug-likeness (QED) is 0.725. The van der Waals surface area contributed by atoms with Crippen molar-refractivity contribution < 1.29 is 0 Å². The minimum absolute atomic E-state index is 0.126. The summed E-state index contributed by atoms with van der Waals surface area (Å²) in [5.41, 5.74) is 0.628. The first-order valence-corrected chi connectivity index (χ1v) is 7.44. The predicted octanol–water partition coefficient (Wildman–Crippen LogP) is 0.559. The highest BCUT2D eigenvalue weighted by atomic mass is 32.1. The monoisotopic (exact) mass is 298 g/mol. The highest BCUT2D eigenvalue weighted by Gasteiger charge is 2.09. The van der Waals surface area contributed by atoms with E-state index in [1.165, 1.54) is 11.3 Å². The maximum absolute atomic E-state index is 12.1. The van der Waals surface area contributed by atoms with Crippen molar-refractivity contribution in [1.29, 1.82) is 5.41 Å². The Morgan fingerprint density at radius 2 is 2.14 bits per heavy atom. The smallest absolute Gasteiger partial charge is 0.282 e. The van der Waals surface area contributed by atoms with Gasteiger partial charge in [0.1, 0.15) is 4.66 Å². The zero-order valence-corrected chi connectivity index (χ0v) is 12.3. The fraction of sp³-hybridized carbons (Fsp3) is 0.133. The molecule has 6 heteroatoms. The van der Waals surface area contributed by atoms with Crippen LogP contribution in [0.1, 0.15) is 18.9 Å². The van der Waals surface area contributed by atoms with E-state index in [1.807, 2.05) is 43.3 Å². The molecule has 0 aromatic heterocycles. The summed E-state index contributed by atoms with van der Waals surface area (Å²) >= 11 is 1.37. The summed E-state index contributed by atoms with van der Waals surface area (Å²) in [4.78, 5) is 16.2. The molecular weight excluding hydrogens is 284 g/mol. The molecule has 1 aromatic carbocycles. The van der Waals surface area contributed by atoms with E-state index in [-0.39, 0.29) is 16.3 Å². The molecule has 0 spiro atoms. The molecule has 2 aliphatic rings. The summed E-state index contributed by atoms with van der Waals surface area (Å²) in [5.74, 6) is 0. The summed E-state index contributed by atoms with van der Waals surface area (Å²) in [6.45, 7) is 2.03. The lowest BCUT2D eigenvalue weighted by atomic mass is 10.2. The average Bonchev–Trinajstić information content (AvgIpc) is 2.88. The SMILES string of the molecule is CCC=c1[nH]n2c(=N)c(=Cc3ccccc3)c(=O)nc-2s1. The molecule has 0 bridgehead atoms. The number of rotatable bonds is 2. The van der Waals surface area contributed by atoms with Crippen molar-refractivity contribution >= 4 is 23.5 Å². The Bertz CT molecular complexity index is 965. The highest BCUT2D eigenvalue weighted by molar-refractivity contribution is 7.11. The Kier molecular flexibility index (Phi) is 3.53. The van der Waals surface area contributed by atoms with Crippen LogP contribution in [0.15, 0.2) is 35.1 Å². The molecule has 106 valence electrons. The molecule has 0 aliphatic carbocycles. The summed E-state index contributed by atoms with van der Waals surface area (Å²) in [6, 6.07) is 9.48. The number of fused-ring (bicyclic) bond motifs is 1. The second-order valence-electron chi connectivity index (χ2n) is 4.54. The molecule has 2 aliphatic heterocycles. The number of benzene rings is 1. The fourth-order valence-electron chi connectivity index (χ4n) is 2.04. The van der Waals surface area contributed by atoms with Gasteiger partial charge in [0.15, 0.2) is 5.49 Å². The van der Waals surface area contributed by atoms with E-state index in [4.69, 9.17) is 5.41 Å². The molecule has 0 amide bonds. The summed E-state index contributed by atoms with van der Waals surface area (Å²) in [6.07, 6.45) is 4.58. The fourth-order valence-corrected chi connectivity index (χ4v) is 2.98. The molecule has 3 rings (SSSR count). The van der Waals surface area contributed by atoms with Crippen molar-refractivity contribution in [2.24, 2.45) is 0 Å². The Hall–Kier alpha value is -2.47. The van der Waals surface area contributed by atoms with Gasteiger partial charge >= 0.3 is 0 Å². The third kappa shape index (κ3) is 2.57. The van der Waals surface area contributed by atoms with E-state index < -0.39 is 0 Å².